The molecule has 2 atom stereocenters. The molecule has 0 aromatic carbocycles. The van der Waals surface area contributed by atoms with Gasteiger partial charge in [-0.25, -0.2) is 0 Å². The van der Waals surface area contributed by atoms with E-state index in [1.807, 2.05) is 13.8 Å². The summed E-state index contributed by atoms with van der Waals surface area (Å²) in [7, 11) is 0. The lowest BCUT2D eigenvalue weighted by atomic mass is 10.3. The van der Waals surface area contributed by atoms with Gasteiger partial charge in [-0.3, -0.25) is 9.80 Å². The molecule has 2 N–H and O–H groups in total. The Morgan fingerprint density at radius 2 is 1.05 bits per heavy atom. The first-order valence-electron chi connectivity index (χ1n) is 7.54. The van der Waals surface area contributed by atoms with Gasteiger partial charge in [-0.2, -0.15) is 0 Å². The third-order valence-corrected chi connectivity index (χ3v) is 3.87. The van der Waals surface area contributed by atoms with Crippen molar-refractivity contribution < 1.29 is 19.7 Å². The number of aliphatic hydroxyl groups excluding tert-OH is 2. The monoisotopic (exact) mass is 290 g/mol. The van der Waals surface area contributed by atoms with E-state index in [2.05, 4.69) is 9.80 Å². The van der Waals surface area contributed by atoms with Crippen LogP contribution in [0.2, 0.25) is 0 Å². The van der Waals surface area contributed by atoms with Crippen LogP contribution < -0.4 is 0 Å². The van der Waals surface area contributed by atoms with Crippen LogP contribution >= 0.6 is 0 Å². The molecule has 1 fully saturated rings. The molecular formula is C14H30N2O4. The lowest BCUT2D eigenvalue weighted by Gasteiger charge is -2.30. The summed E-state index contributed by atoms with van der Waals surface area (Å²) < 4.78 is 11.3. The Morgan fingerprint density at radius 3 is 1.30 bits per heavy atom. The minimum atomic E-state index is 0.135. The first-order chi connectivity index (χ1) is 9.69. The summed E-state index contributed by atoms with van der Waals surface area (Å²) >= 11 is 0. The van der Waals surface area contributed by atoms with Crippen LogP contribution in [0, 0.1) is 0 Å². The predicted octanol–water partition coefficient (Wildman–Crippen LogP) is -0.601. The fourth-order valence-electron chi connectivity index (χ4n) is 2.27. The first-order valence-corrected chi connectivity index (χ1v) is 7.54. The number of rotatable bonds is 4. The van der Waals surface area contributed by atoms with E-state index >= 15 is 0 Å². The van der Waals surface area contributed by atoms with Gasteiger partial charge in [-0.15, -0.1) is 0 Å². The number of aliphatic hydroxyl groups is 2. The van der Waals surface area contributed by atoms with E-state index in [9.17, 15) is 10.2 Å². The zero-order valence-corrected chi connectivity index (χ0v) is 12.8. The normalized spacial score (nSPS) is 24.6. The van der Waals surface area contributed by atoms with E-state index in [0.29, 0.717) is 26.4 Å². The highest BCUT2D eigenvalue weighted by molar-refractivity contribution is 4.69. The molecule has 1 saturated heterocycles. The van der Waals surface area contributed by atoms with E-state index in [-0.39, 0.29) is 25.3 Å². The molecule has 6 nitrogen and oxygen atoms in total. The second-order valence-corrected chi connectivity index (χ2v) is 5.36. The standard InChI is InChI=1S/C14H30N2O4/c1-13(11-17)15-3-7-19-9-5-16(14(2)12-18)6-10-20-8-4-15/h13-14,17-18H,3-12H2,1-2H3/t13-,14-/m1/s1. The fourth-order valence-corrected chi connectivity index (χ4v) is 2.27. The van der Waals surface area contributed by atoms with E-state index in [4.69, 9.17) is 9.47 Å². The molecule has 1 aliphatic rings. The Bertz CT molecular complexity index is 207. The maximum atomic E-state index is 9.24. The van der Waals surface area contributed by atoms with E-state index in [1.165, 1.54) is 0 Å². The van der Waals surface area contributed by atoms with Crippen LogP contribution in [0.3, 0.4) is 0 Å². The van der Waals surface area contributed by atoms with Crippen LogP contribution in [0.5, 0.6) is 0 Å². The van der Waals surface area contributed by atoms with Crippen molar-refractivity contribution in [2.75, 3.05) is 65.8 Å². The first kappa shape index (κ1) is 17.8. The smallest absolute Gasteiger partial charge is 0.0594 e. The second-order valence-electron chi connectivity index (χ2n) is 5.36. The van der Waals surface area contributed by atoms with Crippen molar-refractivity contribution in [1.82, 2.24) is 9.80 Å². The van der Waals surface area contributed by atoms with Gasteiger partial charge in [0.2, 0.25) is 0 Å². The van der Waals surface area contributed by atoms with Gasteiger partial charge in [-0.05, 0) is 13.8 Å². The summed E-state index contributed by atoms with van der Waals surface area (Å²) in [6, 6.07) is 0.270. The largest absolute Gasteiger partial charge is 0.395 e. The van der Waals surface area contributed by atoms with Crippen molar-refractivity contribution in [3.63, 3.8) is 0 Å². The Labute approximate surface area is 122 Å². The summed E-state index contributed by atoms with van der Waals surface area (Å²) in [5.74, 6) is 0. The maximum Gasteiger partial charge on any atom is 0.0594 e. The van der Waals surface area contributed by atoms with Gasteiger partial charge in [0.1, 0.15) is 0 Å². The van der Waals surface area contributed by atoms with Gasteiger partial charge in [0, 0.05) is 38.3 Å². The molecule has 1 heterocycles. The molecular weight excluding hydrogens is 260 g/mol. The van der Waals surface area contributed by atoms with Gasteiger partial charge in [-0.1, -0.05) is 0 Å². The number of hydrogen-bond acceptors (Lipinski definition) is 6. The number of nitrogens with zero attached hydrogens (tertiary/aromatic N) is 2. The van der Waals surface area contributed by atoms with Crippen LogP contribution in [0.1, 0.15) is 13.8 Å². The molecule has 1 aliphatic heterocycles. The SMILES string of the molecule is C[C@H](CO)N1CCOCCN([C@H](C)CO)CCOCC1. The van der Waals surface area contributed by atoms with E-state index in [0.717, 1.165) is 26.2 Å². The molecule has 0 amide bonds. The average molecular weight is 290 g/mol. The van der Waals surface area contributed by atoms with E-state index < -0.39 is 0 Å². The minimum Gasteiger partial charge on any atom is -0.395 e. The number of ether oxygens (including phenoxy) is 2. The Balaban J connectivity index is 2.42. The van der Waals surface area contributed by atoms with Crippen LogP contribution in [0.15, 0.2) is 0 Å². The Kier molecular flexibility index (Phi) is 9.33. The van der Waals surface area contributed by atoms with Crippen molar-refractivity contribution in [3.8, 4) is 0 Å². The lowest BCUT2D eigenvalue weighted by Crippen LogP contribution is -2.43. The average Bonchev–Trinajstić information content (AvgIpc) is 2.46. The van der Waals surface area contributed by atoms with Crippen molar-refractivity contribution in [2.24, 2.45) is 0 Å². The molecule has 0 aromatic heterocycles. The molecule has 0 unspecified atom stereocenters. The van der Waals surface area contributed by atoms with Gasteiger partial charge in [0.15, 0.2) is 0 Å². The molecule has 0 spiro atoms. The lowest BCUT2D eigenvalue weighted by molar-refractivity contribution is 0.00803. The van der Waals surface area contributed by atoms with Gasteiger partial charge < -0.3 is 19.7 Å². The molecule has 0 radical (unpaired) electrons. The molecule has 20 heavy (non-hydrogen) atoms. The van der Waals surface area contributed by atoms with Crippen molar-refractivity contribution in [1.29, 1.82) is 0 Å². The van der Waals surface area contributed by atoms with Crippen LogP contribution in [-0.2, 0) is 9.47 Å². The Morgan fingerprint density at radius 1 is 0.750 bits per heavy atom. The second kappa shape index (κ2) is 10.5. The highest BCUT2D eigenvalue weighted by Gasteiger charge is 2.15. The summed E-state index contributed by atoms with van der Waals surface area (Å²) in [4.78, 5) is 4.38. The molecule has 1 rings (SSSR count). The highest BCUT2D eigenvalue weighted by Crippen LogP contribution is 2.02. The molecule has 6 heteroatoms. The van der Waals surface area contributed by atoms with Crippen LogP contribution in [0.4, 0.5) is 0 Å². The van der Waals surface area contributed by atoms with Gasteiger partial charge in [0.05, 0.1) is 39.6 Å². The van der Waals surface area contributed by atoms with Crippen molar-refractivity contribution in [2.45, 2.75) is 25.9 Å². The van der Waals surface area contributed by atoms with Crippen molar-refractivity contribution >= 4 is 0 Å². The van der Waals surface area contributed by atoms with E-state index in [1.54, 1.807) is 0 Å². The fraction of sp³-hybridized carbons (Fsp3) is 1.00. The third kappa shape index (κ3) is 6.47. The predicted molar refractivity (Wildman–Crippen MR) is 77.9 cm³/mol. The molecule has 0 aromatic rings. The molecule has 0 saturated carbocycles. The quantitative estimate of drug-likeness (QED) is 0.721. The summed E-state index contributed by atoms with van der Waals surface area (Å²) in [5.41, 5.74) is 0. The van der Waals surface area contributed by atoms with Gasteiger partial charge in [0.25, 0.3) is 0 Å². The highest BCUT2D eigenvalue weighted by atomic mass is 16.5. The van der Waals surface area contributed by atoms with Gasteiger partial charge >= 0.3 is 0 Å². The maximum absolute atomic E-state index is 9.24. The summed E-state index contributed by atoms with van der Waals surface area (Å²) in [6.07, 6.45) is 0. The number of hydrogen-bond donors (Lipinski definition) is 2. The summed E-state index contributed by atoms with van der Waals surface area (Å²) in [6.45, 7) is 10.2. The Hall–Kier alpha value is -0.240. The third-order valence-electron chi connectivity index (χ3n) is 3.87. The minimum absolute atomic E-state index is 0.135. The van der Waals surface area contributed by atoms with Crippen molar-refractivity contribution in [3.05, 3.63) is 0 Å². The molecule has 0 bridgehead atoms. The zero-order valence-electron chi connectivity index (χ0n) is 12.8. The molecule has 120 valence electrons. The van der Waals surface area contributed by atoms with Crippen LogP contribution in [-0.4, -0.2) is 97.9 Å². The summed E-state index contributed by atoms with van der Waals surface area (Å²) in [5, 5.41) is 18.5. The topological polar surface area (TPSA) is 65.4 Å². The molecule has 0 aliphatic carbocycles. The van der Waals surface area contributed by atoms with Crippen LogP contribution in [0.25, 0.3) is 0 Å². The zero-order chi connectivity index (χ0) is 14.8.